The smallest absolute Gasteiger partial charge is 0.243 e. The van der Waals surface area contributed by atoms with Crippen LogP contribution in [-0.4, -0.2) is 31.7 Å². The van der Waals surface area contributed by atoms with E-state index in [1.54, 1.807) is 17.0 Å². The zero-order chi connectivity index (χ0) is 14.0. The lowest BCUT2D eigenvalue weighted by Crippen LogP contribution is -2.31. The number of ether oxygens (including phenoxy) is 1. The minimum absolute atomic E-state index is 0.117. The Hall–Kier alpha value is -2.17. The van der Waals surface area contributed by atoms with E-state index >= 15 is 0 Å². The van der Waals surface area contributed by atoms with Gasteiger partial charge in [-0.2, -0.15) is 0 Å². The Labute approximate surface area is 112 Å². The summed E-state index contributed by atoms with van der Waals surface area (Å²) < 4.78 is 5.66. The van der Waals surface area contributed by atoms with E-state index in [0.717, 1.165) is 5.56 Å². The lowest BCUT2D eigenvalue weighted by Gasteiger charge is -2.30. The van der Waals surface area contributed by atoms with Gasteiger partial charge in [0.15, 0.2) is 5.75 Å². The molecule has 2 N–H and O–H groups in total. The van der Waals surface area contributed by atoms with Crippen molar-refractivity contribution in [2.45, 2.75) is 12.5 Å². The number of phenols is 1. The van der Waals surface area contributed by atoms with Crippen LogP contribution in [0.3, 0.4) is 0 Å². The Bertz CT molecular complexity index is 512. The highest BCUT2D eigenvalue weighted by Crippen LogP contribution is 2.44. The van der Waals surface area contributed by atoms with Gasteiger partial charge >= 0.3 is 0 Å². The van der Waals surface area contributed by atoms with E-state index in [0.29, 0.717) is 24.5 Å². The van der Waals surface area contributed by atoms with Crippen molar-refractivity contribution in [2.75, 3.05) is 25.6 Å². The van der Waals surface area contributed by atoms with E-state index in [1.165, 1.54) is 6.08 Å². The molecule has 5 heteroatoms. The molecule has 1 aliphatic heterocycles. The molecule has 2 rings (SSSR count). The lowest BCUT2D eigenvalue weighted by atomic mass is 9.98. The molecular weight excluding hydrogens is 244 g/mol. The van der Waals surface area contributed by atoms with Crippen LogP contribution in [0.2, 0.25) is 0 Å². The molecule has 0 bridgehead atoms. The number of phenolic OH excluding ortho intramolecular Hbond substituents is 1. The molecule has 1 aromatic carbocycles. The molecule has 0 spiro atoms. The molecule has 0 radical (unpaired) electrons. The summed E-state index contributed by atoms with van der Waals surface area (Å²) in [6.45, 7) is 3.95. The Morgan fingerprint density at radius 3 is 2.95 bits per heavy atom. The molecule has 102 valence electrons. The van der Waals surface area contributed by atoms with E-state index in [1.807, 2.05) is 14.1 Å². The van der Waals surface area contributed by atoms with E-state index in [9.17, 15) is 9.90 Å². The summed E-state index contributed by atoms with van der Waals surface area (Å²) in [5.41, 5.74) is 1.51. The van der Waals surface area contributed by atoms with Gasteiger partial charge in [-0.25, -0.2) is 0 Å². The lowest BCUT2D eigenvalue weighted by molar-refractivity contribution is -0.117. The van der Waals surface area contributed by atoms with Gasteiger partial charge in [0, 0.05) is 26.1 Å². The molecule has 5 nitrogen and oxygen atoms in total. The number of anilines is 1. The maximum atomic E-state index is 11.4. The van der Waals surface area contributed by atoms with Crippen LogP contribution in [0.5, 0.6) is 11.5 Å². The quantitative estimate of drug-likeness (QED) is 0.812. The third-order valence-corrected chi connectivity index (χ3v) is 3.12. The van der Waals surface area contributed by atoms with Crippen molar-refractivity contribution in [3.63, 3.8) is 0 Å². The fraction of sp³-hybridized carbons (Fsp3) is 0.357. The molecule has 0 fully saturated rings. The van der Waals surface area contributed by atoms with E-state index in [4.69, 9.17) is 4.74 Å². The highest BCUT2D eigenvalue weighted by atomic mass is 16.5. The number of benzene rings is 1. The largest absolute Gasteiger partial charge is 0.506 e. The van der Waals surface area contributed by atoms with Crippen LogP contribution in [0.15, 0.2) is 24.8 Å². The van der Waals surface area contributed by atoms with Crippen molar-refractivity contribution < 1.29 is 14.6 Å². The molecule has 0 aliphatic carbocycles. The molecule has 1 amide bonds. The van der Waals surface area contributed by atoms with Crippen LogP contribution in [0.25, 0.3) is 0 Å². The highest BCUT2D eigenvalue weighted by Gasteiger charge is 2.27. The number of nitrogens with zero attached hydrogens (tertiary/aromatic N) is 1. The summed E-state index contributed by atoms with van der Waals surface area (Å²) in [6, 6.07) is 3.29. The van der Waals surface area contributed by atoms with Crippen molar-refractivity contribution in [1.82, 2.24) is 5.32 Å². The third kappa shape index (κ3) is 2.50. The zero-order valence-electron chi connectivity index (χ0n) is 11.1. The molecule has 1 aromatic rings. The second-order valence-electron chi connectivity index (χ2n) is 4.65. The molecule has 1 unspecified atom stereocenters. The molecule has 0 saturated heterocycles. The predicted octanol–water partition coefficient (Wildman–Crippen LogP) is 1.58. The normalized spacial score (nSPS) is 17.1. The second-order valence-corrected chi connectivity index (χ2v) is 4.65. The topological polar surface area (TPSA) is 61.8 Å². The fourth-order valence-corrected chi connectivity index (χ4v) is 2.25. The maximum Gasteiger partial charge on any atom is 0.243 e. The van der Waals surface area contributed by atoms with E-state index in [2.05, 4.69) is 11.9 Å². The molecule has 0 saturated carbocycles. The average Bonchev–Trinajstić information content (AvgIpc) is 2.37. The Morgan fingerprint density at radius 1 is 1.58 bits per heavy atom. The Morgan fingerprint density at radius 2 is 2.32 bits per heavy atom. The van der Waals surface area contributed by atoms with Crippen LogP contribution in [0.4, 0.5) is 5.69 Å². The molecule has 19 heavy (non-hydrogen) atoms. The number of carbonyl (C=O) groups is 1. The summed E-state index contributed by atoms with van der Waals surface area (Å²) in [4.78, 5) is 13.2. The number of rotatable bonds is 3. The van der Waals surface area contributed by atoms with Crippen molar-refractivity contribution in [3.05, 3.63) is 30.4 Å². The van der Waals surface area contributed by atoms with Gasteiger partial charge in [0.25, 0.3) is 0 Å². The first-order chi connectivity index (χ1) is 9.04. The Balaban J connectivity index is 2.42. The molecular formula is C14H18N2O3. The predicted molar refractivity (Wildman–Crippen MR) is 73.6 cm³/mol. The minimum Gasteiger partial charge on any atom is -0.506 e. The van der Waals surface area contributed by atoms with Gasteiger partial charge in [-0.15, -0.1) is 0 Å². The summed E-state index contributed by atoms with van der Waals surface area (Å²) >= 11 is 0. The van der Waals surface area contributed by atoms with Gasteiger partial charge < -0.3 is 20.1 Å². The monoisotopic (exact) mass is 262 g/mol. The standard InChI is InChI=1S/C14H18N2O3/c1-4-12(18)15-10-7-8-19-14-9(10)5-6-11(17)13(14)16(2)3/h4-6,10,17H,1,7-8H2,2-3H3,(H,15,18). The van der Waals surface area contributed by atoms with Crippen LogP contribution < -0.4 is 15.0 Å². The number of nitrogens with one attached hydrogen (secondary N) is 1. The fourth-order valence-electron chi connectivity index (χ4n) is 2.25. The number of fused-ring (bicyclic) bond motifs is 1. The van der Waals surface area contributed by atoms with Gasteiger partial charge in [-0.05, 0) is 18.2 Å². The Kier molecular flexibility index (Phi) is 3.64. The number of hydrogen-bond donors (Lipinski definition) is 2. The van der Waals surface area contributed by atoms with E-state index < -0.39 is 0 Å². The van der Waals surface area contributed by atoms with Crippen molar-refractivity contribution in [1.29, 1.82) is 0 Å². The van der Waals surface area contributed by atoms with Crippen molar-refractivity contribution >= 4 is 11.6 Å². The second kappa shape index (κ2) is 5.22. The first-order valence-electron chi connectivity index (χ1n) is 6.13. The summed E-state index contributed by atoms with van der Waals surface area (Å²) in [5, 5.41) is 12.8. The first kappa shape index (κ1) is 13.3. The van der Waals surface area contributed by atoms with Crippen molar-refractivity contribution in [2.24, 2.45) is 0 Å². The SMILES string of the molecule is C=CC(=O)NC1CCOc2c1ccc(O)c2N(C)C. The maximum absolute atomic E-state index is 11.4. The van der Waals surface area contributed by atoms with Gasteiger partial charge in [0.05, 0.1) is 12.6 Å². The first-order valence-corrected chi connectivity index (χ1v) is 6.13. The van der Waals surface area contributed by atoms with Crippen LogP contribution in [-0.2, 0) is 4.79 Å². The van der Waals surface area contributed by atoms with Crippen LogP contribution in [0.1, 0.15) is 18.0 Å². The summed E-state index contributed by atoms with van der Waals surface area (Å²) in [5.74, 6) is 0.586. The molecule has 1 atom stereocenters. The van der Waals surface area contributed by atoms with Gasteiger partial charge in [0.1, 0.15) is 11.4 Å². The minimum atomic E-state index is -0.211. The van der Waals surface area contributed by atoms with Crippen LogP contribution in [0, 0.1) is 0 Å². The zero-order valence-corrected chi connectivity index (χ0v) is 11.1. The van der Waals surface area contributed by atoms with E-state index in [-0.39, 0.29) is 17.7 Å². The number of aromatic hydroxyl groups is 1. The highest BCUT2D eigenvalue weighted by molar-refractivity contribution is 5.87. The van der Waals surface area contributed by atoms with Gasteiger partial charge in [0.2, 0.25) is 5.91 Å². The average molecular weight is 262 g/mol. The number of carbonyl (C=O) groups excluding carboxylic acids is 1. The van der Waals surface area contributed by atoms with Crippen molar-refractivity contribution in [3.8, 4) is 11.5 Å². The molecule has 1 aliphatic rings. The van der Waals surface area contributed by atoms with Crippen LogP contribution >= 0.6 is 0 Å². The van der Waals surface area contributed by atoms with Gasteiger partial charge in [-0.1, -0.05) is 6.58 Å². The number of amides is 1. The number of hydrogen-bond acceptors (Lipinski definition) is 4. The third-order valence-electron chi connectivity index (χ3n) is 3.12. The molecule has 1 heterocycles. The summed E-state index contributed by atoms with van der Waals surface area (Å²) in [6.07, 6.45) is 1.95. The molecule has 0 aromatic heterocycles. The summed E-state index contributed by atoms with van der Waals surface area (Å²) in [7, 11) is 3.68. The van der Waals surface area contributed by atoms with Gasteiger partial charge in [-0.3, -0.25) is 4.79 Å².